The molecule has 0 bridgehead atoms. The molecule has 1 atom stereocenters. The van der Waals surface area contributed by atoms with Gasteiger partial charge < -0.3 is 15.4 Å². The second kappa shape index (κ2) is 9.91. The smallest absolute Gasteiger partial charge is 0.239 e. The highest BCUT2D eigenvalue weighted by Crippen LogP contribution is 2.16. The van der Waals surface area contributed by atoms with Crippen LogP contribution in [0.25, 0.3) is 0 Å². The zero-order valence-corrected chi connectivity index (χ0v) is 14.9. The molecule has 1 aromatic rings. The minimum Gasteiger partial charge on any atom is -0.378 e. The summed E-state index contributed by atoms with van der Waals surface area (Å²) in [5.41, 5.74) is 7.20. The van der Waals surface area contributed by atoms with Crippen LogP contribution in [0.1, 0.15) is 32.3 Å². The van der Waals surface area contributed by atoms with E-state index in [0.717, 1.165) is 38.1 Å². The molecule has 5 heteroatoms. The molecule has 1 amide bonds. The Balaban J connectivity index is 0.00000264. The largest absolute Gasteiger partial charge is 0.378 e. The number of halogens is 1. The Morgan fingerprint density at radius 3 is 2.43 bits per heavy atom. The van der Waals surface area contributed by atoms with Crippen molar-refractivity contribution in [2.24, 2.45) is 11.7 Å². The second-order valence-electron chi connectivity index (χ2n) is 6.55. The predicted octanol–water partition coefficient (Wildman–Crippen LogP) is 2.64. The van der Waals surface area contributed by atoms with Crippen molar-refractivity contribution in [3.05, 3.63) is 35.9 Å². The van der Waals surface area contributed by atoms with Gasteiger partial charge in [0.1, 0.15) is 0 Å². The van der Waals surface area contributed by atoms with Crippen LogP contribution in [0.15, 0.2) is 30.3 Å². The number of nitrogens with zero attached hydrogens (tertiary/aromatic N) is 1. The summed E-state index contributed by atoms with van der Waals surface area (Å²) in [7, 11) is 0. The first kappa shape index (κ1) is 19.9. The lowest BCUT2D eigenvalue weighted by Crippen LogP contribution is -2.49. The van der Waals surface area contributed by atoms with Crippen LogP contribution in [0.3, 0.4) is 0 Å². The summed E-state index contributed by atoms with van der Waals surface area (Å²) in [5.74, 6) is 0.616. The number of rotatable bonds is 6. The van der Waals surface area contributed by atoms with Crippen molar-refractivity contribution >= 4 is 18.3 Å². The number of ether oxygens (including phenoxy) is 1. The van der Waals surface area contributed by atoms with Gasteiger partial charge in [0.05, 0.1) is 12.1 Å². The average molecular weight is 341 g/mol. The molecule has 23 heavy (non-hydrogen) atoms. The fourth-order valence-corrected chi connectivity index (χ4v) is 2.76. The number of piperidine rings is 1. The standard InChI is InChI=1S/C18H28N2O2.ClH/c1-14(2)13-22-16-8-10-20(11-9-16)18(21)17(19)12-15-6-4-3-5-7-15;/h3-7,14,16-17H,8-13,19H2,1-2H3;1H. The molecular formula is C18H29ClN2O2. The quantitative estimate of drug-likeness (QED) is 0.866. The van der Waals surface area contributed by atoms with Crippen LogP contribution in [-0.4, -0.2) is 42.6 Å². The average Bonchev–Trinajstić information content (AvgIpc) is 2.53. The lowest BCUT2D eigenvalue weighted by Gasteiger charge is -2.33. The van der Waals surface area contributed by atoms with Crippen molar-refractivity contribution < 1.29 is 9.53 Å². The Bertz CT molecular complexity index is 459. The molecule has 1 aliphatic rings. The molecule has 130 valence electrons. The summed E-state index contributed by atoms with van der Waals surface area (Å²) >= 11 is 0. The molecule has 0 saturated carbocycles. The van der Waals surface area contributed by atoms with Gasteiger partial charge in [-0.3, -0.25) is 4.79 Å². The van der Waals surface area contributed by atoms with Gasteiger partial charge in [0.2, 0.25) is 5.91 Å². The van der Waals surface area contributed by atoms with Gasteiger partial charge in [-0.1, -0.05) is 44.2 Å². The van der Waals surface area contributed by atoms with Crippen molar-refractivity contribution in [3.63, 3.8) is 0 Å². The first-order valence-corrected chi connectivity index (χ1v) is 8.26. The molecule has 0 spiro atoms. The van der Waals surface area contributed by atoms with E-state index >= 15 is 0 Å². The van der Waals surface area contributed by atoms with Crippen LogP contribution in [0.4, 0.5) is 0 Å². The van der Waals surface area contributed by atoms with E-state index in [4.69, 9.17) is 10.5 Å². The van der Waals surface area contributed by atoms with Gasteiger partial charge in [-0.05, 0) is 30.7 Å². The number of carbonyl (C=O) groups is 1. The Morgan fingerprint density at radius 1 is 1.26 bits per heavy atom. The summed E-state index contributed by atoms with van der Waals surface area (Å²) in [6.45, 7) is 6.61. The van der Waals surface area contributed by atoms with E-state index in [0.29, 0.717) is 12.3 Å². The lowest BCUT2D eigenvalue weighted by molar-refractivity contribution is -0.135. The van der Waals surface area contributed by atoms with E-state index in [-0.39, 0.29) is 24.4 Å². The highest BCUT2D eigenvalue weighted by Gasteiger charge is 2.26. The summed E-state index contributed by atoms with van der Waals surface area (Å²) in [5, 5.41) is 0. The zero-order chi connectivity index (χ0) is 15.9. The highest BCUT2D eigenvalue weighted by molar-refractivity contribution is 5.85. The Morgan fingerprint density at radius 2 is 1.87 bits per heavy atom. The number of benzene rings is 1. The van der Waals surface area contributed by atoms with Crippen molar-refractivity contribution in [3.8, 4) is 0 Å². The Kier molecular flexibility index (Phi) is 8.59. The second-order valence-corrected chi connectivity index (χ2v) is 6.55. The van der Waals surface area contributed by atoms with Crippen LogP contribution in [0.2, 0.25) is 0 Å². The molecule has 0 radical (unpaired) electrons. The molecule has 2 rings (SSSR count). The van der Waals surface area contributed by atoms with Gasteiger partial charge in [0.25, 0.3) is 0 Å². The summed E-state index contributed by atoms with van der Waals surface area (Å²) in [6.07, 6.45) is 2.72. The number of amides is 1. The van der Waals surface area contributed by atoms with Crippen molar-refractivity contribution in [1.29, 1.82) is 0 Å². The summed E-state index contributed by atoms with van der Waals surface area (Å²) in [4.78, 5) is 14.3. The van der Waals surface area contributed by atoms with Crippen LogP contribution < -0.4 is 5.73 Å². The first-order valence-electron chi connectivity index (χ1n) is 8.26. The molecule has 0 aliphatic carbocycles. The normalized spacial score (nSPS) is 17.0. The maximum absolute atomic E-state index is 12.4. The van der Waals surface area contributed by atoms with E-state index < -0.39 is 6.04 Å². The van der Waals surface area contributed by atoms with Crippen LogP contribution >= 0.6 is 12.4 Å². The van der Waals surface area contributed by atoms with Crippen LogP contribution in [0, 0.1) is 5.92 Å². The monoisotopic (exact) mass is 340 g/mol. The number of nitrogens with two attached hydrogens (primary N) is 1. The fraction of sp³-hybridized carbons (Fsp3) is 0.611. The lowest BCUT2D eigenvalue weighted by atomic mass is 10.0. The molecule has 1 heterocycles. The van der Waals surface area contributed by atoms with Crippen molar-refractivity contribution in [2.45, 2.75) is 45.3 Å². The van der Waals surface area contributed by atoms with Crippen molar-refractivity contribution in [1.82, 2.24) is 4.90 Å². The number of carbonyl (C=O) groups excluding carboxylic acids is 1. The number of hydrogen-bond donors (Lipinski definition) is 1. The van der Waals surface area contributed by atoms with E-state index in [1.165, 1.54) is 0 Å². The van der Waals surface area contributed by atoms with E-state index in [9.17, 15) is 4.79 Å². The number of likely N-dealkylation sites (tertiary alicyclic amines) is 1. The van der Waals surface area contributed by atoms with E-state index in [1.54, 1.807) is 0 Å². The molecule has 1 fully saturated rings. The van der Waals surface area contributed by atoms with Gasteiger partial charge in [-0.25, -0.2) is 0 Å². The van der Waals surface area contributed by atoms with E-state index in [2.05, 4.69) is 13.8 Å². The molecule has 1 saturated heterocycles. The van der Waals surface area contributed by atoms with E-state index in [1.807, 2.05) is 35.2 Å². The number of hydrogen-bond acceptors (Lipinski definition) is 3. The third-order valence-electron chi connectivity index (χ3n) is 4.03. The minimum atomic E-state index is -0.449. The maximum atomic E-state index is 12.4. The molecule has 0 aromatic heterocycles. The zero-order valence-electron chi connectivity index (χ0n) is 14.1. The Labute approximate surface area is 145 Å². The Hall–Kier alpha value is -1.10. The molecule has 2 N–H and O–H groups in total. The van der Waals surface area contributed by atoms with Crippen LogP contribution in [0.5, 0.6) is 0 Å². The minimum absolute atomic E-state index is 0. The molecule has 1 aromatic carbocycles. The van der Waals surface area contributed by atoms with Crippen LogP contribution in [-0.2, 0) is 16.0 Å². The van der Waals surface area contributed by atoms with Gasteiger partial charge in [0, 0.05) is 19.7 Å². The van der Waals surface area contributed by atoms with Gasteiger partial charge in [-0.15, -0.1) is 12.4 Å². The SMILES string of the molecule is CC(C)COC1CCN(C(=O)C(N)Cc2ccccc2)CC1.Cl. The summed E-state index contributed by atoms with van der Waals surface area (Å²) in [6, 6.07) is 9.50. The molecule has 1 aliphatic heterocycles. The third kappa shape index (κ3) is 6.50. The topological polar surface area (TPSA) is 55.6 Å². The third-order valence-corrected chi connectivity index (χ3v) is 4.03. The van der Waals surface area contributed by atoms with Gasteiger partial charge in [-0.2, -0.15) is 0 Å². The maximum Gasteiger partial charge on any atom is 0.239 e. The molecular weight excluding hydrogens is 312 g/mol. The van der Waals surface area contributed by atoms with Gasteiger partial charge >= 0.3 is 0 Å². The van der Waals surface area contributed by atoms with Crippen molar-refractivity contribution in [2.75, 3.05) is 19.7 Å². The molecule has 4 nitrogen and oxygen atoms in total. The summed E-state index contributed by atoms with van der Waals surface area (Å²) < 4.78 is 5.86. The fourth-order valence-electron chi connectivity index (χ4n) is 2.76. The highest BCUT2D eigenvalue weighted by atomic mass is 35.5. The molecule has 1 unspecified atom stereocenters. The predicted molar refractivity (Wildman–Crippen MR) is 95.8 cm³/mol. The van der Waals surface area contributed by atoms with Gasteiger partial charge in [0.15, 0.2) is 0 Å². The first-order chi connectivity index (χ1) is 10.6.